The molecule has 0 radical (unpaired) electrons. The number of ether oxygens (including phenoxy) is 1. The Morgan fingerprint density at radius 3 is 2.37 bits per heavy atom. The van der Waals surface area contributed by atoms with Gasteiger partial charge < -0.3 is 10.1 Å². The van der Waals surface area contributed by atoms with Gasteiger partial charge in [0.25, 0.3) is 0 Å². The lowest BCUT2D eigenvalue weighted by molar-refractivity contribution is -0.0379. The van der Waals surface area contributed by atoms with Gasteiger partial charge >= 0.3 is 0 Å². The Bertz CT molecular complexity index is 362. The Morgan fingerprint density at radius 1 is 1.21 bits per heavy atom. The van der Waals surface area contributed by atoms with Gasteiger partial charge in [0, 0.05) is 16.2 Å². The Kier molecular flexibility index (Phi) is 7.32. The summed E-state index contributed by atoms with van der Waals surface area (Å²) in [6, 6.07) is 9.10. The summed E-state index contributed by atoms with van der Waals surface area (Å²) in [4.78, 5) is 0. The van der Waals surface area contributed by atoms with E-state index in [1.165, 1.54) is 9.13 Å². The van der Waals surface area contributed by atoms with Gasteiger partial charge in [-0.2, -0.15) is 0 Å². The van der Waals surface area contributed by atoms with Crippen LogP contribution in [0, 0.1) is 3.57 Å². The molecule has 1 aromatic carbocycles. The van der Waals surface area contributed by atoms with E-state index in [0.717, 1.165) is 26.0 Å². The SMILES string of the molecule is CCCNC(Cc1ccc(I)cc1)C(C)(C)OCC. The molecule has 0 saturated carbocycles. The van der Waals surface area contributed by atoms with Crippen molar-refractivity contribution in [2.75, 3.05) is 13.2 Å². The van der Waals surface area contributed by atoms with Crippen molar-refractivity contribution in [3.63, 3.8) is 0 Å². The molecule has 0 bridgehead atoms. The number of halogens is 1. The van der Waals surface area contributed by atoms with Crippen LogP contribution >= 0.6 is 22.6 Å². The van der Waals surface area contributed by atoms with Crippen molar-refractivity contribution in [2.45, 2.75) is 52.2 Å². The molecule has 1 atom stereocenters. The zero-order valence-corrected chi connectivity index (χ0v) is 14.7. The smallest absolute Gasteiger partial charge is 0.0781 e. The largest absolute Gasteiger partial charge is 0.374 e. The third kappa shape index (κ3) is 5.79. The standard InChI is InChI=1S/C16H26INO/c1-5-11-18-15(16(3,4)19-6-2)12-13-7-9-14(17)10-8-13/h7-10,15,18H,5-6,11-12H2,1-4H3. The maximum atomic E-state index is 5.92. The van der Waals surface area contributed by atoms with Crippen molar-refractivity contribution in [1.82, 2.24) is 5.32 Å². The molecule has 0 spiro atoms. The lowest BCUT2D eigenvalue weighted by atomic mass is 9.92. The van der Waals surface area contributed by atoms with Crippen LogP contribution in [0.4, 0.5) is 0 Å². The lowest BCUT2D eigenvalue weighted by Gasteiger charge is -2.35. The third-order valence-electron chi connectivity index (χ3n) is 3.35. The fourth-order valence-electron chi connectivity index (χ4n) is 2.21. The van der Waals surface area contributed by atoms with Crippen molar-refractivity contribution >= 4 is 22.6 Å². The summed E-state index contributed by atoms with van der Waals surface area (Å²) >= 11 is 2.34. The van der Waals surface area contributed by atoms with Gasteiger partial charge in [-0.25, -0.2) is 0 Å². The number of benzene rings is 1. The second-order valence-corrected chi connectivity index (χ2v) is 6.62. The van der Waals surface area contributed by atoms with E-state index < -0.39 is 0 Å². The highest BCUT2D eigenvalue weighted by Gasteiger charge is 2.29. The molecule has 0 amide bonds. The van der Waals surface area contributed by atoms with Crippen LogP contribution in [0.3, 0.4) is 0 Å². The van der Waals surface area contributed by atoms with Crippen LogP contribution in [0.5, 0.6) is 0 Å². The quantitative estimate of drug-likeness (QED) is 0.693. The first-order valence-electron chi connectivity index (χ1n) is 7.11. The average molecular weight is 375 g/mol. The van der Waals surface area contributed by atoms with Gasteiger partial charge in [0.2, 0.25) is 0 Å². The van der Waals surface area contributed by atoms with E-state index in [1.807, 2.05) is 0 Å². The van der Waals surface area contributed by atoms with E-state index in [-0.39, 0.29) is 5.60 Å². The molecule has 19 heavy (non-hydrogen) atoms. The van der Waals surface area contributed by atoms with Crippen molar-refractivity contribution in [1.29, 1.82) is 0 Å². The molecule has 0 aliphatic carbocycles. The molecule has 0 fully saturated rings. The van der Waals surface area contributed by atoms with Crippen molar-refractivity contribution in [3.05, 3.63) is 33.4 Å². The maximum absolute atomic E-state index is 5.92. The average Bonchev–Trinajstić information content (AvgIpc) is 2.36. The lowest BCUT2D eigenvalue weighted by Crippen LogP contribution is -2.50. The highest BCUT2D eigenvalue weighted by molar-refractivity contribution is 14.1. The zero-order valence-electron chi connectivity index (χ0n) is 12.5. The van der Waals surface area contributed by atoms with Gasteiger partial charge in [0.1, 0.15) is 0 Å². The van der Waals surface area contributed by atoms with E-state index in [9.17, 15) is 0 Å². The topological polar surface area (TPSA) is 21.3 Å². The number of hydrogen-bond donors (Lipinski definition) is 1. The summed E-state index contributed by atoms with van der Waals surface area (Å²) < 4.78 is 7.20. The Hall–Kier alpha value is -0.130. The van der Waals surface area contributed by atoms with Crippen LogP contribution in [0.15, 0.2) is 24.3 Å². The van der Waals surface area contributed by atoms with Crippen molar-refractivity contribution in [2.24, 2.45) is 0 Å². The van der Waals surface area contributed by atoms with Gasteiger partial charge in [-0.1, -0.05) is 19.1 Å². The highest BCUT2D eigenvalue weighted by atomic mass is 127. The number of nitrogens with one attached hydrogen (secondary N) is 1. The first kappa shape index (κ1) is 16.9. The normalized spacial score (nSPS) is 13.5. The molecular weight excluding hydrogens is 349 g/mol. The van der Waals surface area contributed by atoms with E-state index >= 15 is 0 Å². The van der Waals surface area contributed by atoms with E-state index in [0.29, 0.717) is 6.04 Å². The molecule has 1 N–H and O–H groups in total. The first-order chi connectivity index (χ1) is 8.99. The molecule has 0 aromatic heterocycles. The Labute approximate surface area is 131 Å². The van der Waals surface area contributed by atoms with Crippen LogP contribution in [0.1, 0.15) is 39.7 Å². The Balaban J connectivity index is 2.76. The molecule has 1 unspecified atom stereocenters. The summed E-state index contributed by atoms with van der Waals surface area (Å²) in [5, 5.41) is 3.63. The third-order valence-corrected chi connectivity index (χ3v) is 4.07. The molecule has 3 heteroatoms. The van der Waals surface area contributed by atoms with Gasteiger partial charge in [-0.15, -0.1) is 0 Å². The van der Waals surface area contributed by atoms with Crippen molar-refractivity contribution < 1.29 is 4.74 Å². The molecule has 0 aliphatic rings. The van der Waals surface area contributed by atoms with Crippen LogP contribution in [-0.4, -0.2) is 24.8 Å². The fraction of sp³-hybridized carbons (Fsp3) is 0.625. The van der Waals surface area contributed by atoms with E-state index in [1.54, 1.807) is 0 Å². The zero-order chi connectivity index (χ0) is 14.3. The molecule has 2 nitrogen and oxygen atoms in total. The first-order valence-corrected chi connectivity index (χ1v) is 8.19. The highest BCUT2D eigenvalue weighted by Crippen LogP contribution is 2.19. The summed E-state index contributed by atoms with van der Waals surface area (Å²) in [6.07, 6.45) is 2.15. The van der Waals surface area contributed by atoms with Gasteiger partial charge in [0.15, 0.2) is 0 Å². The molecule has 0 saturated heterocycles. The summed E-state index contributed by atoms with van der Waals surface area (Å²) in [5.74, 6) is 0. The van der Waals surface area contributed by atoms with Gasteiger partial charge in [0.05, 0.1) is 5.60 Å². The second kappa shape index (κ2) is 8.22. The molecule has 1 rings (SSSR count). The van der Waals surface area contributed by atoms with Crippen LogP contribution in [0.2, 0.25) is 0 Å². The minimum atomic E-state index is -0.146. The second-order valence-electron chi connectivity index (χ2n) is 5.37. The fourth-order valence-corrected chi connectivity index (χ4v) is 2.57. The predicted octanol–water partition coefficient (Wildman–Crippen LogP) is 4.02. The maximum Gasteiger partial charge on any atom is 0.0781 e. The molecule has 108 valence electrons. The minimum absolute atomic E-state index is 0.146. The monoisotopic (exact) mass is 375 g/mol. The summed E-state index contributed by atoms with van der Waals surface area (Å²) in [5.41, 5.74) is 1.22. The summed E-state index contributed by atoms with van der Waals surface area (Å²) in [6.45, 7) is 10.4. The Morgan fingerprint density at radius 2 is 1.84 bits per heavy atom. The number of hydrogen-bond acceptors (Lipinski definition) is 2. The minimum Gasteiger partial charge on any atom is -0.374 e. The van der Waals surface area contributed by atoms with Crippen LogP contribution < -0.4 is 5.32 Å². The van der Waals surface area contributed by atoms with E-state index in [2.05, 4.69) is 79.9 Å². The van der Waals surface area contributed by atoms with Crippen molar-refractivity contribution in [3.8, 4) is 0 Å². The van der Waals surface area contributed by atoms with E-state index in [4.69, 9.17) is 4.74 Å². The van der Waals surface area contributed by atoms with Gasteiger partial charge in [-0.05, 0) is 80.4 Å². The molecule has 0 aliphatic heterocycles. The predicted molar refractivity (Wildman–Crippen MR) is 90.6 cm³/mol. The van der Waals surface area contributed by atoms with Gasteiger partial charge in [-0.3, -0.25) is 0 Å². The molecule has 1 aromatic rings. The molecule has 0 heterocycles. The van der Waals surface area contributed by atoms with Crippen LogP contribution in [0.25, 0.3) is 0 Å². The molecular formula is C16H26INO. The summed E-state index contributed by atoms with van der Waals surface area (Å²) in [7, 11) is 0. The number of rotatable bonds is 8. The van der Waals surface area contributed by atoms with Crippen LogP contribution in [-0.2, 0) is 11.2 Å².